The monoisotopic (exact) mass is 320 g/mol. The number of nitrogens with one attached hydrogen (secondary N) is 1. The standard InChI is InChI=1S/C14H17BrN4/c1-11-10-14(18-8-6-16-7-9-18)17-19(11)13-5-3-2-4-12(13)15/h2-5,10,16H,6-9H2,1H3. The second kappa shape index (κ2) is 5.35. The molecule has 19 heavy (non-hydrogen) atoms. The summed E-state index contributed by atoms with van der Waals surface area (Å²) < 4.78 is 3.06. The van der Waals surface area contributed by atoms with E-state index in [1.165, 1.54) is 0 Å². The summed E-state index contributed by atoms with van der Waals surface area (Å²) in [6.45, 7) is 6.19. The van der Waals surface area contributed by atoms with Crippen molar-refractivity contribution in [2.75, 3.05) is 31.1 Å². The fourth-order valence-electron chi connectivity index (χ4n) is 2.37. The summed E-state index contributed by atoms with van der Waals surface area (Å²) >= 11 is 3.59. The number of piperazine rings is 1. The lowest BCUT2D eigenvalue weighted by Gasteiger charge is -2.27. The molecule has 1 aliphatic rings. The molecule has 0 amide bonds. The van der Waals surface area contributed by atoms with Gasteiger partial charge in [-0.25, -0.2) is 4.68 Å². The molecule has 0 unspecified atom stereocenters. The Morgan fingerprint density at radius 1 is 1.21 bits per heavy atom. The van der Waals surface area contributed by atoms with Crippen molar-refractivity contribution in [1.82, 2.24) is 15.1 Å². The Morgan fingerprint density at radius 2 is 1.95 bits per heavy atom. The minimum absolute atomic E-state index is 1.02. The number of aromatic nitrogens is 2. The van der Waals surface area contributed by atoms with Crippen molar-refractivity contribution in [3.63, 3.8) is 0 Å². The number of hydrogen-bond acceptors (Lipinski definition) is 3. The van der Waals surface area contributed by atoms with Crippen LogP contribution in [0.4, 0.5) is 5.82 Å². The second-order valence-electron chi connectivity index (χ2n) is 4.74. The first-order valence-electron chi connectivity index (χ1n) is 6.53. The molecule has 100 valence electrons. The van der Waals surface area contributed by atoms with Crippen molar-refractivity contribution in [2.45, 2.75) is 6.92 Å². The molecule has 5 heteroatoms. The Labute approximate surface area is 121 Å². The predicted molar refractivity (Wildman–Crippen MR) is 81.1 cm³/mol. The van der Waals surface area contributed by atoms with Gasteiger partial charge in [0.15, 0.2) is 5.82 Å². The zero-order chi connectivity index (χ0) is 13.2. The Balaban J connectivity index is 1.95. The third-order valence-corrected chi connectivity index (χ3v) is 4.07. The van der Waals surface area contributed by atoms with Crippen LogP contribution in [-0.2, 0) is 0 Å². The molecule has 1 aliphatic heterocycles. The molecule has 4 nitrogen and oxygen atoms in total. The quantitative estimate of drug-likeness (QED) is 0.922. The van der Waals surface area contributed by atoms with Gasteiger partial charge in [0.25, 0.3) is 0 Å². The van der Waals surface area contributed by atoms with Gasteiger partial charge in [0.1, 0.15) is 0 Å². The van der Waals surface area contributed by atoms with E-state index >= 15 is 0 Å². The molecule has 0 saturated carbocycles. The molecule has 0 radical (unpaired) electrons. The number of hydrogen-bond donors (Lipinski definition) is 1. The average molecular weight is 321 g/mol. The number of rotatable bonds is 2. The van der Waals surface area contributed by atoms with Crippen LogP contribution in [0.5, 0.6) is 0 Å². The SMILES string of the molecule is Cc1cc(N2CCNCC2)nn1-c1ccccc1Br. The zero-order valence-corrected chi connectivity index (χ0v) is 12.5. The maximum Gasteiger partial charge on any atom is 0.151 e. The van der Waals surface area contributed by atoms with Crippen LogP contribution < -0.4 is 10.2 Å². The maximum atomic E-state index is 4.75. The molecule has 2 aromatic rings. The molecule has 1 fully saturated rings. The Bertz CT molecular complexity index is 573. The van der Waals surface area contributed by atoms with E-state index in [9.17, 15) is 0 Å². The summed E-state index contributed by atoms with van der Waals surface area (Å²) in [6.07, 6.45) is 0. The molecule has 1 saturated heterocycles. The first-order chi connectivity index (χ1) is 9.25. The second-order valence-corrected chi connectivity index (χ2v) is 5.60. The van der Waals surface area contributed by atoms with Gasteiger partial charge in [0, 0.05) is 42.4 Å². The molecule has 0 bridgehead atoms. The number of nitrogens with zero attached hydrogens (tertiary/aromatic N) is 3. The number of benzene rings is 1. The first-order valence-corrected chi connectivity index (χ1v) is 7.32. The Hall–Kier alpha value is -1.33. The summed E-state index contributed by atoms with van der Waals surface area (Å²) in [5.41, 5.74) is 2.24. The molecule has 0 spiro atoms. The van der Waals surface area contributed by atoms with Gasteiger partial charge < -0.3 is 10.2 Å². The average Bonchev–Trinajstić information content (AvgIpc) is 2.82. The third-order valence-electron chi connectivity index (χ3n) is 3.40. The lowest BCUT2D eigenvalue weighted by molar-refractivity contribution is 0.583. The van der Waals surface area contributed by atoms with Gasteiger partial charge in [-0.15, -0.1) is 5.10 Å². The van der Waals surface area contributed by atoms with Crippen molar-refractivity contribution in [1.29, 1.82) is 0 Å². The van der Waals surface area contributed by atoms with Crippen molar-refractivity contribution >= 4 is 21.7 Å². The molecule has 3 rings (SSSR count). The Kier molecular flexibility index (Phi) is 3.57. The smallest absolute Gasteiger partial charge is 0.151 e. The van der Waals surface area contributed by atoms with E-state index in [2.05, 4.69) is 45.2 Å². The molecule has 1 N–H and O–H groups in total. The molecular weight excluding hydrogens is 304 g/mol. The lowest BCUT2D eigenvalue weighted by atomic mass is 10.3. The fourth-order valence-corrected chi connectivity index (χ4v) is 2.83. The van der Waals surface area contributed by atoms with Gasteiger partial charge in [-0.1, -0.05) is 12.1 Å². The van der Waals surface area contributed by atoms with Crippen molar-refractivity contribution < 1.29 is 0 Å². The molecule has 2 heterocycles. The van der Waals surface area contributed by atoms with Gasteiger partial charge in [-0.05, 0) is 35.0 Å². The van der Waals surface area contributed by atoms with Gasteiger partial charge in [-0.3, -0.25) is 0 Å². The normalized spacial score (nSPS) is 15.8. The minimum Gasteiger partial charge on any atom is -0.353 e. The van der Waals surface area contributed by atoms with Crippen molar-refractivity contribution in [2.24, 2.45) is 0 Å². The fraction of sp³-hybridized carbons (Fsp3) is 0.357. The first kappa shape index (κ1) is 12.7. The van der Waals surface area contributed by atoms with E-state index in [-0.39, 0.29) is 0 Å². The van der Waals surface area contributed by atoms with Crippen molar-refractivity contribution in [3.8, 4) is 5.69 Å². The molecule has 1 aromatic heterocycles. The highest BCUT2D eigenvalue weighted by atomic mass is 79.9. The summed E-state index contributed by atoms with van der Waals surface area (Å²) in [5, 5.41) is 8.11. The zero-order valence-electron chi connectivity index (χ0n) is 10.9. The van der Waals surface area contributed by atoms with E-state index in [1.807, 2.05) is 22.9 Å². The number of anilines is 1. The van der Waals surface area contributed by atoms with Crippen LogP contribution in [0.1, 0.15) is 5.69 Å². The van der Waals surface area contributed by atoms with Crippen LogP contribution >= 0.6 is 15.9 Å². The van der Waals surface area contributed by atoms with Crippen LogP contribution in [0.15, 0.2) is 34.8 Å². The highest BCUT2D eigenvalue weighted by Gasteiger charge is 2.15. The van der Waals surface area contributed by atoms with Gasteiger partial charge in [0.05, 0.1) is 5.69 Å². The highest BCUT2D eigenvalue weighted by molar-refractivity contribution is 9.10. The van der Waals surface area contributed by atoms with Gasteiger partial charge in [0.2, 0.25) is 0 Å². The molecule has 0 aliphatic carbocycles. The predicted octanol–water partition coefficient (Wildman–Crippen LogP) is 2.35. The molecule has 0 atom stereocenters. The van der Waals surface area contributed by atoms with E-state index in [0.29, 0.717) is 0 Å². The lowest BCUT2D eigenvalue weighted by Crippen LogP contribution is -2.43. The summed E-state index contributed by atoms with van der Waals surface area (Å²) in [5.74, 6) is 1.06. The summed E-state index contributed by atoms with van der Waals surface area (Å²) in [4.78, 5) is 2.33. The third kappa shape index (κ3) is 2.53. The van der Waals surface area contributed by atoms with E-state index in [1.54, 1.807) is 0 Å². The summed E-state index contributed by atoms with van der Waals surface area (Å²) in [7, 11) is 0. The molecular formula is C14H17BrN4. The summed E-state index contributed by atoms with van der Waals surface area (Å²) in [6, 6.07) is 10.3. The van der Waals surface area contributed by atoms with Crippen LogP contribution in [0.25, 0.3) is 5.69 Å². The number of para-hydroxylation sites is 1. The number of aryl methyl sites for hydroxylation is 1. The van der Waals surface area contributed by atoms with Crippen molar-refractivity contribution in [3.05, 3.63) is 40.5 Å². The highest BCUT2D eigenvalue weighted by Crippen LogP contribution is 2.24. The van der Waals surface area contributed by atoms with Crippen LogP contribution in [-0.4, -0.2) is 36.0 Å². The molecule has 1 aromatic carbocycles. The maximum absolute atomic E-state index is 4.75. The minimum atomic E-state index is 1.02. The van der Waals surface area contributed by atoms with Gasteiger partial charge in [-0.2, -0.15) is 0 Å². The van der Waals surface area contributed by atoms with E-state index < -0.39 is 0 Å². The van der Waals surface area contributed by atoms with Crippen LogP contribution in [0.3, 0.4) is 0 Å². The Morgan fingerprint density at radius 3 is 2.68 bits per heavy atom. The van der Waals surface area contributed by atoms with Crippen LogP contribution in [0, 0.1) is 6.92 Å². The topological polar surface area (TPSA) is 33.1 Å². The van der Waals surface area contributed by atoms with E-state index in [0.717, 1.165) is 47.9 Å². The van der Waals surface area contributed by atoms with E-state index in [4.69, 9.17) is 5.10 Å². The van der Waals surface area contributed by atoms with Gasteiger partial charge >= 0.3 is 0 Å². The van der Waals surface area contributed by atoms with Crippen LogP contribution in [0.2, 0.25) is 0 Å². The number of halogens is 1. The largest absolute Gasteiger partial charge is 0.353 e.